The molecule has 0 bridgehead atoms. The quantitative estimate of drug-likeness (QED) is 0.725. The van der Waals surface area contributed by atoms with Crippen molar-refractivity contribution >= 4 is 22.2 Å². The number of nitrogens with zero attached hydrogens (tertiary/aromatic N) is 2. The fraction of sp³-hybridized carbons (Fsp3) is 0.125. The number of nitrogens with one attached hydrogen (secondary N) is 1. The first-order chi connectivity index (χ1) is 11.2. The second-order valence-electron chi connectivity index (χ2n) is 4.86. The Morgan fingerprint density at radius 2 is 1.96 bits per heavy atom. The number of hydrogen-bond acceptors (Lipinski definition) is 5. The van der Waals surface area contributed by atoms with Crippen LogP contribution in [0, 0.1) is 0 Å². The van der Waals surface area contributed by atoms with Crippen molar-refractivity contribution in [2.24, 2.45) is 0 Å². The lowest BCUT2D eigenvalue weighted by Gasteiger charge is -2.09. The Hall–Kier alpha value is -2.35. The Labute approximate surface area is 136 Å². The molecule has 2 aromatic carbocycles. The summed E-state index contributed by atoms with van der Waals surface area (Å²) < 4.78 is 28.7. The number of methoxy groups -OCH3 is 1. The molecule has 1 N–H and O–H groups in total. The summed E-state index contributed by atoms with van der Waals surface area (Å²) >= 11 is -2.26. The summed E-state index contributed by atoms with van der Waals surface area (Å²) in [5.41, 5.74) is 3.44. The highest BCUT2D eigenvalue weighted by Crippen LogP contribution is 2.28. The van der Waals surface area contributed by atoms with Gasteiger partial charge in [-0.3, -0.25) is 4.21 Å². The molecule has 6 nitrogen and oxygen atoms in total. The van der Waals surface area contributed by atoms with E-state index in [2.05, 4.69) is 14.7 Å². The van der Waals surface area contributed by atoms with Crippen LogP contribution in [0.25, 0.3) is 22.2 Å². The number of aromatic nitrogens is 2. The molecule has 1 aromatic heterocycles. The van der Waals surface area contributed by atoms with Gasteiger partial charge in [0.15, 0.2) is 0 Å². The normalized spacial score (nSPS) is 12.3. The van der Waals surface area contributed by atoms with E-state index in [1.165, 1.54) is 6.33 Å². The van der Waals surface area contributed by atoms with E-state index in [1.54, 1.807) is 7.11 Å². The minimum absolute atomic E-state index is 0.259. The molecule has 3 aromatic rings. The van der Waals surface area contributed by atoms with Gasteiger partial charge in [-0.25, -0.2) is 14.7 Å². The third kappa shape index (κ3) is 3.53. The maximum atomic E-state index is 10.5. The van der Waals surface area contributed by atoms with Crippen LogP contribution in [0.4, 0.5) is 0 Å². The molecule has 7 heteroatoms. The van der Waals surface area contributed by atoms with Gasteiger partial charge in [0.2, 0.25) is 0 Å². The molecule has 23 heavy (non-hydrogen) atoms. The minimum Gasteiger partial charge on any atom is -0.760 e. The zero-order chi connectivity index (χ0) is 16.2. The topological polar surface area (TPSA) is 87.2 Å². The smallest absolute Gasteiger partial charge is 0.119 e. The maximum Gasteiger partial charge on any atom is 0.119 e. The third-order valence-corrected chi connectivity index (χ3v) is 3.84. The van der Waals surface area contributed by atoms with Crippen LogP contribution in [0.15, 0.2) is 48.8 Å². The Bertz CT molecular complexity index is 853. The molecular weight excluding hydrogens is 314 g/mol. The number of ether oxygens (including phenoxy) is 1. The predicted octanol–water partition coefficient (Wildman–Crippen LogP) is 2.19. The summed E-state index contributed by atoms with van der Waals surface area (Å²) in [5, 5.41) is 0.901. The lowest BCUT2D eigenvalue weighted by molar-refractivity contribution is 0.415. The van der Waals surface area contributed by atoms with E-state index in [0.717, 1.165) is 33.5 Å². The summed E-state index contributed by atoms with van der Waals surface area (Å²) in [4.78, 5) is 8.64. The van der Waals surface area contributed by atoms with Gasteiger partial charge in [-0.2, -0.15) is 0 Å². The highest BCUT2D eigenvalue weighted by atomic mass is 32.2. The molecule has 0 aliphatic heterocycles. The van der Waals surface area contributed by atoms with Gasteiger partial charge in [0, 0.05) is 28.8 Å². The van der Waals surface area contributed by atoms with Crippen molar-refractivity contribution in [3.63, 3.8) is 0 Å². The van der Waals surface area contributed by atoms with Crippen LogP contribution in [-0.4, -0.2) is 25.8 Å². The van der Waals surface area contributed by atoms with Crippen LogP contribution in [-0.2, 0) is 17.8 Å². The van der Waals surface area contributed by atoms with E-state index < -0.39 is 11.3 Å². The molecule has 0 aliphatic rings. The largest absolute Gasteiger partial charge is 0.760 e. The van der Waals surface area contributed by atoms with Gasteiger partial charge in [0.1, 0.15) is 12.1 Å². The standard InChI is InChI=1S/C16H15N3O3S/c1-22-13-6-7-15-14(8-13)16(18-10-17-15)12-4-2-11(3-5-12)9-19-23(20)21/h2-8,10,19H,9H2,1H3,(H,20,21)/p-1. The molecule has 0 saturated heterocycles. The minimum atomic E-state index is -2.26. The summed E-state index contributed by atoms with van der Waals surface area (Å²) in [6.07, 6.45) is 1.53. The second kappa shape index (κ2) is 6.82. The number of fused-ring (bicyclic) bond motifs is 1. The molecule has 0 saturated carbocycles. The van der Waals surface area contributed by atoms with Crippen LogP contribution in [0.3, 0.4) is 0 Å². The molecular formula is C16H14N3O3S-. The Balaban J connectivity index is 1.97. The fourth-order valence-electron chi connectivity index (χ4n) is 2.32. The van der Waals surface area contributed by atoms with Gasteiger partial charge in [0.25, 0.3) is 0 Å². The molecule has 1 heterocycles. The van der Waals surface area contributed by atoms with Crippen molar-refractivity contribution in [2.45, 2.75) is 6.54 Å². The van der Waals surface area contributed by atoms with E-state index in [-0.39, 0.29) is 6.54 Å². The Morgan fingerprint density at radius 3 is 2.65 bits per heavy atom. The predicted molar refractivity (Wildman–Crippen MR) is 87.3 cm³/mol. The van der Waals surface area contributed by atoms with Crippen LogP contribution in [0.1, 0.15) is 5.56 Å². The van der Waals surface area contributed by atoms with E-state index >= 15 is 0 Å². The maximum absolute atomic E-state index is 10.5. The van der Waals surface area contributed by atoms with Crippen molar-refractivity contribution in [2.75, 3.05) is 7.11 Å². The van der Waals surface area contributed by atoms with Gasteiger partial charge < -0.3 is 9.29 Å². The first-order valence-corrected chi connectivity index (χ1v) is 7.95. The van der Waals surface area contributed by atoms with E-state index in [0.29, 0.717) is 0 Å². The lowest BCUT2D eigenvalue weighted by atomic mass is 10.0. The average Bonchev–Trinajstić information content (AvgIpc) is 2.59. The third-order valence-electron chi connectivity index (χ3n) is 3.46. The van der Waals surface area contributed by atoms with E-state index in [4.69, 9.17) is 4.74 Å². The summed E-state index contributed by atoms with van der Waals surface area (Å²) in [6.45, 7) is 0.259. The van der Waals surface area contributed by atoms with Gasteiger partial charge in [-0.15, -0.1) is 0 Å². The van der Waals surface area contributed by atoms with Gasteiger partial charge in [-0.1, -0.05) is 24.3 Å². The lowest BCUT2D eigenvalue weighted by Crippen LogP contribution is -2.15. The van der Waals surface area contributed by atoms with Crippen molar-refractivity contribution in [3.05, 3.63) is 54.4 Å². The molecule has 0 radical (unpaired) electrons. The zero-order valence-electron chi connectivity index (χ0n) is 12.4. The Kier molecular flexibility index (Phi) is 4.61. The summed E-state index contributed by atoms with van der Waals surface area (Å²) in [6, 6.07) is 13.2. The second-order valence-corrected chi connectivity index (χ2v) is 5.62. The van der Waals surface area contributed by atoms with Crippen molar-refractivity contribution in [1.82, 2.24) is 14.7 Å². The summed E-state index contributed by atoms with van der Waals surface area (Å²) in [5.74, 6) is 0.743. The Morgan fingerprint density at radius 1 is 1.17 bits per heavy atom. The van der Waals surface area contributed by atoms with Crippen LogP contribution in [0.5, 0.6) is 5.75 Å². The first kappa shape index (κ1) is 15.5. The fourth-order valence-corrected chi connectivity index (χ4v) is 2.60. The van der Waals surface area contributed by atoms with Crippen LogP contribution in [0.2, 0.25) is 0 Å². The molecule has 0 amide bonds. The number of hydrogen-bond donors (Lipinski definition) is 1. The van der Waals surface area contributed by atoms with Crippen molar-refractivity contribution in [3.8, 4) is 17.0 Å². The molecule has 0 spiro atoms. The van der Waals surface area contributed by atoms with Crippen molar-refractivity contribution < 1.29 is 13.5 Å². The van der Waals surface area contributed by atoms with Crippen LogP contribution >= 0.6 is 0 Å². The zero-order valence-corrected chi connectivity index (χ0v) is 13.2. The SMILES string of the molecule is COc1ccc2ncnc(-c3ccc(CNS(=O)[O-])cc3)c2c1. The molecule has 118 valence electrons. The first-order valence-electron chi connectivity index (χ1n) is 6.88. The molecule has 0 fully saturated rings. The molecule has 1 unspecified atom stereocenters. The van der Waals surface area contributed by atoms with E-state index in [1.807, 2.05) is 42.5 Å². The molecule has 0 aliphatic carbocycles. The van der Waals surface area contributed by atoms with E-state index in [9.17, 15) is 8.76 Å². The molecule has 1 atom stereocenters. The average molecular weight is 328 g/mol. The molecule has 3 rings (SSSR count). The number of rotatable bonds is 5. The van der Waals surface area contributed by atoms with Gasteiger partial charge in [-0.05, 0) is 23.8 Å². The van der Waals surface area contributed by atoms with Gasteiger partial charge in [0.05, 0.1) is 18.3 Å². The highest BCUT2D eigenvalue weighted by Gasteiger charge is 2.07. The van der Waals surface area contributed by atoms with Crippen molar-refractivity contribution in [1.29, 1.82) is 0 Å². The van der Waals surface area contributed by atoms with Gasteiger partial charge >= 0.3 is 0 Å². The highest BCUT2D eigenvalue weighted by molar-refractivity contribution is 7.77. The van der Waals surface area contributed by atoms with Crippen LogP contribution < -0.4 is 9.46 Å². The monoisotopic (exact) mass is 328 g/mol. The summed E-state index contributed by atoms with van der Waals surface area (Å²) in [7, 11) is 1.62. The number of benzene rings is 2.